The number of carbonyl (C=O) groups is 1. The first-order chi connectivity index (χ1) is 11.5. The zero-order chi connectivity index (χ0) is 17.1. The number of aromatic nitrogens is 2. The molecule has 0 spiro atoms. The SMILES string of the molecule is Cc1ccc(NC(=O)c2cnc(N3CCCC(C)C3)nc2)c(Br)c1. The molecule has 1 aliphatic heterocycles. The van der Waals surface area contributed by atoms with Crippen LogP contribution in [0.25, 0.3) is 0 Å². The number of hydrogen-bond donors (Lipinski definition) is 1. The van der Waals surface area contributed by atoms with Crippen LogP contribution in [0, 0.1) is 12.8 Å². The molecule has 1 fully saturated rings. The third-order valence-corrected chi connectivity index (χ3v) is 4.87. The van der Waals surface area contributed by atoms with E-state index in [1.165, 1.54) is 6.42 Å². The van der Waals surface area contributed by atoms with Crippen molar-refractivity contribution in [2.75, 3.05) is 23.3 Å². The lowest BCUT2D eigenvalue weighted by Crippen LogP contribution is -2.35. The number of nitrogens with zero attached hydrogens (tertiary/aromatic N) is 3. The highest BCUT2D eigenvalue weighted by Crippen LogP contribution is 2.24. The second-order valence-electron chi connectivity index (χ2n) is 6.40. The minimum absolute atomic E-state index is 0.210. The molecule has 1 aliphatic rings. The average molecular weight is 389 g/mol. The van der Waals surface area contributed by atoms with Crippen molar-refractivity contribution in [3.05, 3.63) is 46.2 Å². The van der Waals surface area contributed by atoms with Crippen molar-refractivity contribution in [2.45, 2.75) is 26.7 Å². The van der Waals surface area contributed by atoms with E-state index in [-0.39, 0.29) is 5.91 Å². The number of aryl methyl sites for hydroxylation is 1. The van der Waals surface area contributed by atoms with E-state index < -0.39 is 0 Å². The van der Waals surface area contributed by atoms with Crippen molar-refractivity contribution in [1.82, 2.24) is 9.97 Å². The van der Waals surface area contributed by atoms with Crippen LogP contribution < -0.4 is 10.2 Å². The summed E-state index contributed by atoms with van der Waals surface area (Å²) in [6.07, 6.45) is 5.61. The van der Waals surface area contributed by atoms with Crippen LogP contribution in [0.2, 0.25) is 0 Å². The van der Waals surface area contributed by atoms with Crippen molar-refractivity contribution in [1.29, 1.82) is 0 Å². The molecule has 5 nitrogen and oxygen atoms in total. The molecule has 126 valence electrons. The molecule has 0 aliphatic carbocycles. The summed E-state index contributed by atoms with van der Waals surface area (Å²) in [5, 5.41) is 2.88. The predicted octanol–water partition coefficient (Wildman–Crippen LogP) is 4.04. The van der Waals surface area contributed by atoms with Crippen LogP contribution in [-0.4, -0.2) is 29.0 Å². The number of nitrogens with one attached hydrogen (secondary N) is 1. The monoisotopic (exact) mass is 388 g/mol. The molecule has 0 bridgehead atoms. The fourth-order valence-electron chi connectivity index (χ4n) is 2.89. The Morgan fingerprint density at radius 2 is 2.08 bits per heavy atom. The first-order valence-electron chi connectivity index (χ1n) is 8.17. The fourth-order valence-corrected chi connectivity index (χ4v) is 3.48. The van der Waals surface area contributed by atoms with Crippen molar-refractivity contribution in [2.24, 2.45) is 5.92 Å². The molecule has 1 N–H and O–H groups in total. The van der Waals surface area contributed by atoms with Gasteiger partial charge in [-0.15, -0.1) is 0 Å². The smallest absolute Gasteiger partial charge is 0.258 e. The number of halogens is 1. The van der Waals surface area contributed by atoms with Gasteiger partial charge < -0.3 is 10.2 Å². The van der Waals surface area contributed by atoms with Gasteiger partial charge in [-0.2, -0.15) is 0 Å². The molecule has 1 atom stereocenters. The molecule has 1 amide bonds. The summed E-state index contributed by atoms with van der Waals surface area (Å²) in [5.41, 5.74) is 2.32. The second kappa shape index (κ2) is 7.30. The minimum Gasteiger partial charge on any atom is -0.341 e. The Morgan fingerprint density at radius 1 is 1.33 bits per heavy atom. The van der Waals surface area contributed by atoms with Gasteiger partial charge in [-0.25, -0.2) is 9.97 Å². The highest BCUT2D eigenvalue weighted by Gasteiger charge is 2.19. The molecule has 0 radical (unpaired) electrons. The van der Waals surface area contributed by atoms with Crippen LogP contribution in [0.5, 0.6) is 0 Å². The van der Waals surface area contributed by atoms with E-state index in [1.54, 1.807) is 12.4 Å². The lowest BCUT2D eigenvalue weighted by atomic mass is 10.0. The highest BCUT2D eigenvalue weighted by atomic mass is 79.9. The number of hydrogen-bond acceptors (Lipinski definition) is 4. The van der Waals surface area contributed by atoms with Crippen molar-refractivity contribution >= 4 is 33.5 Å². The summed E-state index contributed by atoms with van der Waals surface area (Å²) in [7, 11) is 0. The maximum absolute atomic E-state index is 12.4. The van der Waals surface area contributed by atoms with E-state index in [9.17, 15) is 4.79 Å². The van der Waals surface area contributed by atoms with E-state index in [0.29, 0.717) is 17.4 Å². The van der Waals surface area contributed by atoms with E-state index in [0.717, 1.165) is 35.2 Å². The van der Waals surface area contributed by atoms with Crippen molar-refractivity contribution in [3.8, 4) is 0 Å². The molecular formula is C18H21BrN4O. The van der Waals surface area contributed by atoms with Crippen LogP contribution in [0.4, 0.5) is 11.6 Å². The Hall–Kier alpha value is -1.95. The third-order valence-electron chi connectivity index (χ3n) is 4.21. The summed E-state index contributed by atoms with van der Waals surface area (Å²) in [6.45, 7) is 6.20. The molecule has 0 saturated carbocycles. The topological polar surface area (TPSA) is 58.1 Å². The number of rotatable bonds is 3. The molecule has 6 heteroatoms. The van der Waals surface area contributed by atoms with Gasteiger partial charge in [0.15, 0.2) is 0 Å². The lowest BCUT2D eigenvalue weighted by Gasteiger charge is -2.30. The van der Waals surface area contributed by atoms with Gasteiger partial charge in [0, 0.05) is 30.0 Å². The largest absolute Gasteiger partial charge is 0.341 e. The third kappa shape index (κ3) is 3.93. The maximum atomic E-state index is 12.4. The molecule has 3 rings (SSSR count). The summed E-state index contributed by atoms with van der Waals surface area (Å²) in [6, 6.07) is 5.80. The minimum atomic E-state index is -0.210. The van der Waals surface area contributed by atoms with Gasteiger partial charge in [-0.1, -0.05) is 13.0 Å². The average Bonchev–Trinajstić information content (AvgIpc) is 2.57. The highest BCUT2D eigenvalue weighted by molar-refractivity contribution is 9.10. The zero-order valence-corrected chi connectivity index (χ0v) is 15.5. The number of benzene rings is 1. The van der Waals surface area contributed by atoms with Gasteiger partial charge in [0.05, 0.1) is 11.3 Å². The predicted molar refractivity (Wildman–Crippen MR) is 99.5 cm³/mol. The molecule has 1 aromatic carbocycles. The lowest BCUT2D eigenvalue weighted by molar-refractivity contribution is 0.102. The Morgan fingerprint density at radius 3 is 2.75 bits per heavy atom. The first kappa shape index (κ1) is 16.9. The molecule has 1 aromatic heterocycles. The summed E-state index contributed by atoms with van der Waals surface area (Å²) in [4.78, 5) is 23.3. The Kier molecular flexibility index (Phi) is 5.14. The quantitative estimate of drug-likeness (QED) is 0.861. The van der Waals surface area contributed by atoms with Gasteiger partial charge in [-0.05, 0) is 59.3 Å². The van der Waals surface area contributed by atoms with Crippen molar-refractivity contribution in [3.63, 3.8) is 0 Å². The van der Waals surface area contributed by atoms with Gasteiger partial charge in [-0.3, -0.25) is 4.79 Å². The van der Waals surface area contributed by atoms with Gasteiger partial charge in [0.1, 0.15) is 0 Å². The van der Waals surface area contributed by atoms with E-state index in [4.69, 9.17) is 0 Å². The maximum Gasteiger partial charge on any atom is 0.258 e. The van der Waals surface area contributed by atoms with Crippen LogP contribution in [0.3, 0.4) is 0 Å². The van der Waals surface area contributed by atoms with Crippen LogP contribution in [0.1, 0.15) is 35.7 Å². The standard InChI is InChI=1S/C18H21BrN4O/c1-12-5-6-16(15(19)8-12)22-17(24)14-9-20-18(21-10-14)23-7-3-4-13(2)11-23/h5-6,8-10,13H,3-4,7,11H2,1-2H3,(H,22,24). The normalized spacial score (nSPS) is 17.6. The zero-order valence-electron chi connectivity index (χ0n) is 13.9. The molecule has 2 heterocycles. The summed E-state index contributed by atoms with van der Waals surface area (Å²) in [5.74, 6) is 1.15. The Balaban J connectivity index is 1.69. The molecule has 1 unspecified atom stereocenters. The molecule has 2 aromatic rings. The van der Waals surface area contributed by atoms with Crippen LogP contribution in [0.15, 0.2) is 35.1 Å². The van der Waals surface area contributed by atoms with Crippen LogP contribution in [-0.2, 0) is 0 Å². The van der Waals surface area contributed by atoms with Gasteiger partial charge in [0.25, 0.3) is 5.91 Å². The number of piperidine rings is 1. The van der Waals surface area contributed by atoms with Gasteiger partial charge in [0.2, 0.25) is 5.95 Å². The summed E-state index contributed by atoms with van der Waals surface area (Å²) < 4.78 is 0.857. The number of carbonyl (C=O) groups excluding carboxylic acids is 1. The van der Waals surface area contributed by atoms with Crippen molar-refractivity contribution < 1.29 is 4.79 Å². The van der Waals surface area contributed by atoms with Crippen LogP contribution >= 0.6 is 15.9 Å². The number of anilines is 2. The fraction of sp³-hybridized carbons (Fsp3) is 0.389. The first-order valence-corrected chi connectivity index (χ1v) is 8.97. The van der Waals surface area contributed by atoms with E-state index in [1.807, 2.05) is 25.1 Å². The second-order valence-corrected chi connectivity index (χ2v) is 7.26. The van der Waals surface area contributed by atoms with E-state index in [2.05, 4.69) is 43.0 Å². The van der Waals surface area contributed by atoms with Gasteiger partial charge >= 0.3 is 0 Å². The molecule has 24 heavy (non-hydrogen) atoms. The van der Waals surface area contributed by atoms with E-state index >= 15 is 0 Å². The summed E-state index contributed by atoms with van der Waals surface area (Å²) >= 11 is 3.46. The Bertz CT molecular complexity index is 732. The molecule has 1 saturated heterocycles. The Labute approximate surface area is 150 Å². The number of amides is 1. The molecular weight excluding hydrogens is 368 g/mol.